The molecule has 0 radical (unpaired) electrons. The van der Waals surface area contributed by atoms with Crippen LogP contribution in [0.2, 0.25) is 0 Å². The van der Waals surface area contributed by atoms with Crippen molar-refractivity contribution in [3.05, 3.63) is 106 Å². The number of carbonyl (C=O) groups is 2. The van der Waals surface area contributed by atoms with Crippen molar-refractivity contribution >= 4 is 57.7 Å². The van der Waals surface area contributed by atoms with E-state index in [4.69, 9.17) is 49.5 Å². The summed E-state index contributed by atoms with van der Waals surface area (Å²) >= 11 is 5.71. The zero-order valence-electron chi connectivity index (χ0n) is 59.8. The van der Waals surface area contributed by atoms with Gasteiger partial charge in [0.25, 0.3) is 0 Å². The number of fused-ring (bicyclic) bond motifs is 4. The molecule has 0 bridgehead atoms. The molecule has 11 rings (SSSR count). The molecular formula is C75H100ClF2N7O16. The molecule has 0 saturated carbocycles. The number of rotatable bonds is 21. The number of aliphatic hydroxyl groups excluding tert-OH is 6. The number of alkyl halides is 1. The van der Waals surface area contributed by atoms with Crippen molar-refractivity contribution < 1.29 is 86.9 Å². The van der Waals surface area contributed by atoms with Crippen molar-refractivity contribution in [2.45, 2.75) is 131 Å². The second-order valence-corrected chi connectivity index (χ2v) is 29.0. The van der Waals surface area contributed by atoms with Crippen LogP contribution in [0.3, 0.4) is 0 Å². The van der Waals surface area contributed by atoms with E-state index in [1.165, 1.54) is 12.7 Å². The molecule has 3 saturated heterocycles. The van der Waals surface area contributed by atoms with Gasteiger partial charge in [0, 0.05) is 78.1 Å². The summed E-state index contributed by atoms with van der Waals surface area (Å²) in [6.07, 6.45) is 12.9. The fourth-order valence-electron chi connectivity index (χ4n) is 12.2. The number of carbonyl (C=O) groups excluding carboxylic acids is 2. The summed E-state index contributed by atoms with van der Waals surface area (Å²) in [6.45, 7) is 20.5. The number of nitrogens with zero attached hydrogens (tertiary/aromatic N) is 7. The molecule has 2 amide bonds. The highest BCUT2D eigenvalue weighted by molar-refractivity contribution is 6.17. The van der Waals surface area contributed by atoms with Crippen molar-refractivity contribution in [1.29, 1.82) is 0 Å². The molecule has 101 heavy (non-hydrogen) atoms. The Bertz CT molecular complexity index is 3770. The van der Waals surface area contributed by atoms with Crippen LogP contribution in [0.4, 0.5) is 18.4 Å². The van der Waals surface area contributed by atoms with E-state index in [2.05, 4.69) is 24.8 Å². The van der Waals surface area contributed by atoms with Crippen molar-refractivity contribution in [1.82, 2.24) is 34.6 Å². The Kier molecular flexibility index (Phi) is 27.7. The molecule has 2 aromatic heterocycles. The summed E-state index contributed by atoms with van der Waals surface area (Å²) in [7, 11) is 3.12. The van der Waals surface area contributed by atoms with Gasteiger partial charge < -0.3 is 83.2 Å². The topological polar surface area (TPSA) is 291 Å². The summed E-state index contributed by atoms with van der Waals surface area (Å²) in [5.74, 6) is 2.59. The van der Waals surface area contributed by atoms with E-state index in [-0.39, 0.29) is 86.3 Å². The lowest BCUT2D eigenvalue weighted by molar-refractivity contribution is -0.0192. The maximum Gasteiger partial charge on any atom is 0.410 e. The minimum Gasteiger partial charge on any atom is -0.493 e. The molecule has 0 spiro atoms. The molecule has 552 valence electrons. The Morgan fingerprint density at radius 3 is 1.23 bits per heavy atom. The molecule has 23 nitrogen and oxygen atoms in total. The fourth-order valence-corrected chi connectivity index (χ4v) is 12.3. The smallest absolute Gasteiger partial charge is 0.410 e. The largest absolute Gasteiger partial charge is 0.493 e. The molecule has 6 aromatic rings. The van der Waals surface area contributed by atoms with Gasteiger partial charge in [-0.2, -0.15) is 0 Å². The number of benzene rings is 4. The Balaban J connectivity index is 0.000000182. The van der Waals surface area contributed by atoms with E-state index < -0.39 is 27.8 Å². The van der Waals surface area contributed by atoms with Gasteiger partial charge in [-0.1, -0.05) is 35.4 Å². The van der Waals surface area contributed by atoms with Gasteiger partial charge in [-0.3, -0.25) is 0 Å². The number of piperidine rings is 3. The molecule has 3 fully saturated rings. The first-order chi connectivity index (χ1) is 48.2. The lowest BCUT2D eigenvalue weighted by Gasteiger charge is -2.39. The summed E-state index contributed by atoms with van der Waals surface area (Å²) in [6, 6.07) is 14.1. The highest BCUT2D eigenvalue weighted by Gasteiger charge is 2.38. The number of aromatic nitrogens is 4. The minimum absolute atomic E-state index is 0.0256. The number of hydrogen-bond acceptors (Lipinski definition) is 21. The molecule has 2 aliphatic carbocycles. The van der Waals surface area contributed by atoms with Crippen LogP contribution in [-0.4, -0.2) is 207 Å². The Labute approximate surface area is 595 Å². The first-order valence-corrected chi connectivity index (χ1v) is 34.9. The third kappa shape index (κ3) is 20.8. The summed E-state index contributed by atoms with van der Waals surface area (Å²) in [5, 5.41) is 57.4. The molecule has 4 aromatic carbocycles. The van der Waals surface area contributed by atoms with Gasteiger partial charge in [-0.15, -0.1) is 11.6 Å². The molecule has 5 aliphatic rings. The average Bonchev–Trinajstić information content (AvgIpc) is 1.75. The number of amides is 2. The zero-order valence-corrected chi connectivity index (χ0v) is 60.6. The van der Waals surface area contributed by atoms with Gasteiger partial charge in [0.15, 0.2) is 46.1 Å². The SMILES string of the molecule is CC(C)(C)OC(=O)N1CCC(CO)(CO)CC1.CC(C)(C)OC(=O)N1CCC(CO)(CO)CC1.COc1cc2c(Oc3ccc4c(c3F)C=C(C)C4)ncnc2cc1OCCCCl.COc1cc2c(Oc3ccc4c(c3F)C=C(C)C4)ncnc2cc1OCCCN1CCC(CO)(CO)CC1. The number of methoxy groups -OCH3 is 2. The van der Waals surface area contributed by atoms with Crippen molar-refractivity contribution in [2.75, 3.05) is 119 Å². The molecule has 5 heterocycles. The van der Waals surface area contributed by atoms with Gasteiger partial charge in [0.05, 0.1) is 88.9 Å². The van der Waals surface area contributed by atoms with Crippen LogP contribution in [-0.2, 0) is 22.3 Å². The van der Waals surface area contributed by atoms with Crippen LogP contribution in [0, 0.1) is 27.9 Å². The first-order valence-electron chi connectivity index (χ1n) is 34.3. The van der Waals surface area contributed by atoms with Crippen molar-refractivity contribution in [2.24, 2.45) is 16.2 Å². The van der Waals surface area contributed by atoms with Crippen molar-refractivity contribution in [3.63, 3.8) is 0 Å². The predicted molar refractivity (Wildman–Crippen MR) is 380 cm³/mol. The highest BCUT2D eigenvalue weighted by Crippen LogP contribution is 2.42. The van der Waals surface area contributed by atoms with Crippen LogP contribution in [0.1, 0.15) is 129 Å². The normalized spacial score (nSPS) is 16.7. The van der Waals surface area contributed by atoms with E-state index >= 15 is 4.39 Å². The quantitative estimate of drug-likeness (QED) is 0.0288. The first kappa shape index (κ1) is 79.0. The summed E-state index contributed by atoms with van der Waals surface area (Å²) < 4.78 is 75.2. The van der Waals surface area contributed by atoms with E-state index in [1.807, 2.05) is 79.7 Å². The lowest BCUT2D eigenvalue weighted by atomic mass is 9.80. The standard InChI is InChI=1S/C29H34FN3O5.C22H20ClFN2O3.2C12H23NO4/c1-19-12-20-4-5-24(27(30)21(20)13-19)38-28-22-14-25(36-2)26(15-23(22)31-18-32-28)37-11-3-8-33-9-6-29(16-34,17-35)7-10-33;1-13-8-14-4-5-18(21(24)15(14)9-13)29-22-16-10-19(27-2)20(28-7-3-6-23)11-17(16)25-12-26-22;2*1-11(2,3)17-10(16)13-6-4-12(8-14,9-15)5-7-13/h4-5,13-15,18,34-35H,3,6-12,16-17H2,1-2H3;4-5,9-12H,3,6-8H2,1-2H3;2*14-15H,4-9H2,1-3H3. The second-order valence-electron chi connectivity index (χ2n) is 28.7. The van der Waals surface area contributed by atoms with E-state index in [9.17, 15) is 44.6 Å². The number of likely N-dealkylation sites (tertiary alicyclic amines) is 3. The molecule has 0 unspecified atom stereocenters. The van der Waals surface area contributed by atoms with E-state index in [0.717, 1.165) is 74.0 Å². The maximum absolute atomic E-state index is 15.1. The number of hydrogen-bond donors (Lipinski definition) is 6. The van der Waals surface area contributed by atoms with Gasteiger partial charge in [0.1, 0.15) is 23.9 Å². The monoisotopic (exact) mass is 1430 g/mol. The van der Waals surface area contributed by atoms with Crippen LogP contribution in [0.5, 0.6) is 46.3 Å². The predicted octanol–water partition coefficient (Wildman–Crippen LogP) is 11.9. The number of aliphatic hydroxyl groups is 6. The number of ether oxygens (including phenoxy) is 8. The third-order valence-electron chi connectivity index (χ3n) is 18.7. The van der Waals surface area contributed by atoms with Crippen molar-refractivity contribution in [3.8, 4) is 46.3 Å². The summed E-state index contributed by atoms with van der Waals surface area (Å²) in [5.41, 5.74) is 4.30. The average molecular weight is 1430 g/mol. The Morgan fingerprint density at radius 2 is 0.881 bits per heavy atom. The van der Waals surface area contributed by atoms with Gasteiger partial charge in [-0.25, -0.2) is 38.3 Å². The van der Waals surface area contributed by atoms with E-state index in [1.54, 1.807) is 60.4 Å². The van der Waals surface area contributed by atoms with Gasteiger partial charge in [0.2, 0.25) is 11.8 Å². The van der Waals surface area contributed by atoms with E-state index in [0.29, 0.717) is 133 Å². The van der Waals surface area contributed by atoms with Crippen LogP contribution in [0.15, 0.2) is 72.3 Å². The van der Waals surface area contributed by atoms with Crippen LogP contribution in [0.25, 0.3) is 34.0 Å². The Morgan fingerprint density at radius 1 is 0.515 bits per heavy atom. The second kappa shape index (κ2) is 35.4. The number of allylic oxidation sites excluding steroid dienone is 2. The van der Waals surface area contributed by atoms with Crippen LogP contribution < -0.4 is 28.4 Å². The molecular weight excluding hydrogens is 1330 g/mol. The van der Waals surface area contributed by atoms with Crippen LogP contribution >= 0.6 is 11.6 Å². The number of halogens is 3. The third-order valence-corrected chi connectivity index (χ3v) is 18.9. The molecule has 3 aliphatic heterocycles. The van der Waals surface area contributed by atoms with Gasteiger partial charge in [-0.05, 0) is 168 Å². The molecule has 0 atom stereocenters. The summed E-state index contributed by atoms with van der Waals surface area (Å²) in [4.78, 5) is 46.3. The maximum atomic E-state index is 15.1. The highest BCUT2D eigenvalue weighted by atomic mass is 35.5. The minimum atomic E-state index is -0.487. The lowest BCUT2D eigenvalue weighted by Crippen LogP contribution is -2.47. The van der Waals surface area contributed by atoms with Gasteiger partial charge >= 0.3 is 12.2 Å². The Hall–Kier alpha value is -7.75. The molecule has 6 N–H and O–H groups in total. The fraction of sp³-hybridized carbons (Fsp3) is 0.547. The zero-order chi connectivity index (χ0) is 73.3. The molecule has 26 heteroatoms.